The molecule has 4 heteroatoms. The molecule has 1 aromatic heterocycles. The molecule has 0 aliphatic rings. The molecule has 16 heavy (non-hydrogen) atoms. The molecule has 0 amide bonds. The van der Waals surface area contributed by atoms with Gasteiger partial charge in [-0.3, -0.25) is 0 Å². The van der Waals surface area contributed by atoms with Crippen LogP contribution in [0, 0.1) is 6.92 Å². The SMILES string of the molecule is Cc1ccc(NCc2ccc(Cl)s2)cc1N. The van der Waals surface area contributed by atoms with Crippen molar-refractivity contribution in [3.05, 3.63) is 45.1 Å². The Balaban J connectivity index is 2.02. The number of hydrogen-bond acceptors (Lipinski definition) is 3. The highest BCUT2D eigenvalue weighted by Crippen LogP contribution is 2.23. The molecule has 1 heterocycles. The molecule has 2 rings (SSSR count). The van der Waals surface area contributed by atoms with Gasteiger partial charge in [0.05, 0.1) is 4.34 Å². The topological polar surface area (TPSA) is 38.0 Å². The van der Waals surface area contributed by atoms with Crippen LogP contribution in [0.5, 0.6) is 0 Å². The van der Waals surface area contributed by atoms with Crippen molar-refractivity contribution in [2.24, 2.45) is 0 Å². The first-order valence-corrected chi connectivity index (χ1v) is 6.19. The van der Waals surface area contributed by atoms with E-state index in [-0.39, 0.29) is 0 Å². The summed E-state index contributed by atoms with van der Waals surface area (Å²) in [6.45, 7) is 2.78. The van der Waals surface area contributed by atoms with E-state index >= 15 is 0 Å². The number of anilines is 2. The smallest absolute Gasteiger partial charge is 0.0931 e. The molecule has 0 spiro atoms. The van der Waals surface area contributed by atoms with Crippen molar-refractivity contribution in [3.8, 4) is 0 Å². The van der Waals surface area contributed by atoms with Gasteiger partial charge in [-0.25, -0.2) is 0 Å². The molecule has 84 valence electrons. The van der Waals surface area contributed by atoms with E-state index in [9.17, 15) is 0 Å². The number of hydrogen-bond donors (Lipinski definition) is 2. The summed E-state index contributed by atoms with van der Waals surface area (Å²) < 4.78 is 0.820. The predicted octanol–water partition coefficient (Wildman–Crippen LogP) is 3.90. The highest BCUT2D eigenvalue weighted by molar-refractivity contribution is 7.16. The number of nitrogen functional groups attached to an aromatic ring is 1. The Morgan fingerprint density at radius 3 is 2.75 bits per heavy atom. The minimum Gasteiger partial charge on any atom is -0.398 e. The molecule has 0 fully saturated rings. The molecular weight excluding hydrogens is 240 g/mol. The normalized spacial score (nSPS) is 10.4. The van der Waals surface area contributed by atoms with Gasteiger partial charge >= 0.3 is 0 Å². The second-order valence-electron chi connectivity index (χ2n) is 3.63. The number of thiophene rings is 1. The third kappa shape index (κ3) is 2.68. The average Bonchev–Trinajstić information content (AvgIpc) is 2.66. The van der Waals surface area contributed by atoms with E-state index in [1.165, 1.54) is 4.88 Å². The van der Waals surface area contributed by atoms with Crippen LogP contribution in [0.25, 0.3) is 0 Å². The number of halogens is 1. The summed E-state index contributed by atoms with van der Waals surface area (Å²) in [5.74, 6) is 0. The van der Waals surface area contributed by atoms with Gasteiger partial charge < -0.3 is 11.1 Å². The monoisotopic (exact) mass is 252 g/mol. The van der Waals surface area contributed by atoms with E-state index in [1.54, 1.807) is 11.3 Å². The van der Waals surface area contributed by atoms with E-state index in [4.69, 9.17) is 17.3 Å². The first kappa shape index (κ1) is 11.3. The second kappa shape index (κ2) is 4.76. The van der Waals surface area contributed by atoms with Crippen molar-refractivity contribution in [3.63, 3.8) is 0 Å². The van der Waals surface area contributed by atoms with Crippen molar-refractivity contribution in [2.45, 2.75) is 13.5 Å². The molecule has 0 aliphatic heterocycles. The Hall–Kier alpha value is -1.19. The zero-order valence-electron chi connectivity index (χ0n) is 8.96. The summed E-state index contributed by atoms with van der Waals surface area (Å²) in [5.41, 5.74) is 8.79. The lowest BCUT2D eigenvalue weighted by Gasteiger charge is -2.07. The van der Waals surface area contributed by atoms with Crippen molar-refractivity contribution in [1.82, 2.24) is 0 Å². The standard InChI is InChI=1S/C12H13ClN2S/c1-8-2-3-9(6-11(8)14)15-7-10-4-5-12(13)16-10/h2-6,15H,7,14H2,1H3. The largest absolute Gasteiger partial charge is 0.398 e. The molecule has 3 N–H and O–H groups in total. The van der Waals surface area contributed by atoms with Gasteiger partial charge in [-0.1, -0.05) is 17.7 Å². The lowest BCUT2D eigenvalue weighted by molar-refractivity contribution is 1.19. The van der Waals surface area contributed by atoms with Gasteiger partial charge in [0.2, 0.25) is 0 Å². The van der Waals surface area contributed by atoms with Gasteiger partial charge in [0, 0.05) is 22.8 Å². The second-order valence-corrected chi connectivity index (χ2v) is 5.43. The van der Waals surface area contributed by atoms with Crippen LogP contribution in [-0.4, -0.2) is 0 Å². The van der Waals surface area contributed by atoms with Crippen molar-refractivity contribution in [1.29, 1.82) is 0 Å². The van der Waals surface area contributed by atoms with Crippen LogP contribution in [0.2, 0.25) is 4.34 Å². The molecule has 0 unspecified atom stereocenters. The van der Waals surface area contributed by atoms with Crippen LogP contribution in [0.15, 0.2) is 30.3 Å². The number of nitrogens with two attached hydrogens (primary N) is 1. The van der Waals surface area contributed by atoms with Crippen molar-refractivity contribution in [2.75, 3.05) is 11.1 Å². The summed E-state index contributed by atoms with van der Waals surface area (Å²) in [6.07, 6.45) is 0. The summed E-state index contributed by atoms with van der Waals surface area (Å²) in [7, 11) is 0. The minimum absolute atomic E-state index is 0.778. The molecule has 0 atom stereocenters. The molecule has 0 radical (unpaired) electrons. The van der Waals surface area contributed by atoms with Gasteiger partial charge in [0.15, 0.2) is 0 Å². The van der Waals surface area contributed by atoms with Gasteiger partial charge in [-0.15, -0.1) is 11.3 Å². The highest BCUT2D eigenvalue weighted by atomic mass is 35.5. The van der Waals surface area contributed by atoms with Crippen LogP contribution in [-0.2, 0) is 6.54 Å². The van der Waals surface area contributed by atoms with Gasteiger partial charge in [-0.2, -0.15) is 0 Å². The van der Waals surface area contributed by atoms with E-state index in [1.807, 2.05) is 37.3 Å². The number of nitrogens with one attached hydrogen (secondary N) is 1. The third-order valence-electron chi connectivity index (χ3n) is 2.37. The highest BCUT2D eigenvalue weighted by Gasteiger charge is 1.99. The van der Waals surface area contributed by atoms with Crippen LogP contribution in [0.4, 0.5) is 11.4 Å². The fourth-order valence-corrected chi connectivity index (χ4v) is 2.41. The molecular formula is C12H13ClN2S. The van der Waals surface area contributed by atoms with Crippen LogP contribution in [0.3, 0.4) is 0 Å². The third-order valence-corrected chi connectivity index (χ3v) is 3.61. The van der Waals surface area contributed by atoms with E-state index in [0.29, 0.717) is 0 Å². The van der Waals surface area contributed by atoms with Crippen molar-refractivity contribution >= 4 is 34.3 Å². The van der Waals surface area contributed by atoms with Gasteiger partial charge in [0.1, 0.15) is 0 Å². The summed E-state index contributed by atoms with van der Waals surface area (Å²) >= 11 is 7.44. The van der Waals surface area contributed by atoms with Gasteiger partial charge in [-0.05, 0) is 36.8 Å². The maximum Gasteiger partial charge on any atom is 0.0931 e. The zero-order chi connectivity index (χ0) is 11.5. The Morgan fingerprint density at radius 2 is 2.12 bits per heavy atom. The maximum absolute atomic E-state index is 5.86. The number of aryl methyl sites for hydroxylation is 1. The zero-order valence-corrected chi connectivity index (χ0v) is 10.5. The maximum atomic E-state index is 5.86. The van der Waals surface area contributed by atoms with E-state index in [2.05, 4.69) is 5.32 Å². The molecule has 0 saturated carbocycles. The lowest BCUT2D eigenvalue weighted by atomic mass is 10.2. The molecule has 1 aromatic carbocycles. The van der Waals surface area contributed by atoms with Crippen LogP contribution in [0.1, 0.15) is 10.4 Å². The molecule has 0 saturated heterocycles. The molecule has 0 bridgehead atoms. The summed E-state index contributed by atoms with van der Waals surface area (Å²) in [6, 6.07) is 9.93. The van der Waals surface area contributed by atoms with Crippen molar-refractivity contribution < 1.29 is 0 Å². The number of rotatable bonds is 3. The Bertz CT molecular complexity index is 494. The first-order valence-electron chi connectivity index (χ1n) is 4.99. The van der Waals surface area contributed by atoms with E-state index < -0.39 is 0 Å². The predicted molar refractivity (Wildman–Crippen MR) is 72.2 cm³/mol. The lowest BCUT2D eigenvalue weighted by Crippen LogP contribution is -1.98. The molecule has 2 aromatic rings. The average molecular weight is 253 g/mol. The Kier molecular flexibility index (Phi) is 3.36. The molecule has 0 aliphatic carbocycles. The quantitative estimate of drug-likeness (QED) is 0.813. The molecule has 2 nitrogen and oxygen atoms in total. The van der Waals surface area contributed by atoms with E-state index in [0.717, 1.165) is 27.8 Å². The Morgan fingerprint density at radius 1 is 1.31 bits per heavy atom. The fraction of sp³-hybridized carbons (Fsp3) is 0.167. The summed E-state index contributed by atoms with van der Waals surface area (Å²) in [4.78, 5) is 1.21. The first-order chi connectivity index (χ1) is 7.65. The fourth-order valence-electron chi connectivity index (χ4n) is 1.39. The number of benzene rings is 1. The minimum atomic E-state index is 0.778. The van der Waals surface area contributed by atoms with Crippen LogP contribution < -0.4 is 11.1 Å². The Labute approximate surface area is 104 Å². The summed E-state index contributed by atoms with van der Waals surface area (Å²) in [5, 5.41) is 3.31. The van der Waals surface area contributed by atoms with Crippen LogP contribution >= 0.6 is 22.9 Å². The van der Waals surface area contributed by atoms with Gasteiger partial charge in [0.25, 0.3) is 0 Å².